The molecule has 0 spiro atoms. The Morgan fingerprint density at radius 3 is 2.66 bits per heavy atom. The molecule has 2 heterocycles. The number of aromatic nitrogens is 2. The first kappa shape index (κ1) is 22.4. The number of hydrogen-bond acceptors (Lipinski definition) is 8. The summed E-state index contributed by atoms with van der Waals surface area (Å²) in [5.41, 5.74) is 1.53. The molecule has 9 nitrogen and oxygen atoms in total. The number of methoxy groups -OCH3 is 1. The van der Waals surface area contributed by atoms with E-state index in [4.69, 9.17) is 14.2 Å². The van der Waals surface area contributed by atoms with Crippen LogP contribution in [-0.2, 0) is 0 Å². The molecule has 10 heteroatoms. The van der Waals surface area contributed by atoms with Crippen LogP contribution in [0.4, 0.5) is 5.69 Å². The molecule has 3 aromatic carbocycles. The Hall–Kier alpha value is -4.44. The maximum Gasteiger partial charge on any atom is 0.274 e. The summed E-state index contributed by atoms with van der Waals surface area (Å²) in [5.74, 6) is 1.72. The summed E-state index contributed by atoms with van der Waals surface area (Å²) in [6.45, 7) is 0.438. The van der Waals surface area contributed by atoms with Crippen LogP contribution < -0.4 is 24.3 Å². The quantitative estimate of drug-likeness (QED) is 0.185. The SMILES string of the molecule is COc1cccc(OCCOc2ccc([N+](=O)[O-])cc2C=c2sc3nc4ccccc4n3c2=O)c1. The number of imidazole rings is 1. The first-order chi connectivity index (χ1) is 17.0. The minimum atomic E-state index is -0.486. The van der Waals surface area contributed by atoms with E-state index in [9.17, 15) is 14.9 Å². The van der Waals surface area contributed by atoms with Crippen LogP contribution in [0.2, 0.25) is 0 Å². The predicted octanol–water partition coefficient (Wildman–Crippen LogP) is 3.83. The van der Waals surface area contributed by atoms with Gasteiger partial charge in [0.2, 0.25) is 0 Å². The number of para-hydroxylation sites is 2. The van der Waals surface area contributed by atoms with E-state index in [2.05, 4.69) is 4.98 Å². The second kappa shape index (κ2) is 9.43. The number of hydrogen-bond donors (Lipinski definition) is 0. The number of nitrogens with zero attached hydrogens (tertiary/aromatic N) is 3. The Balaban J connectivity index is 1.43. The normalized spacial score (nSPS) is 11.7. The van der Waals surface area contributed by atoms with E-state index in [1.807, 2.05) is 36.4 Å². The minimum Gasteiger partial charge on any atom is -0.497 e. The summed E-state index contributed by atoms with van der Waals surface area (Å²) in [6, 6.07) is 18.9. The van der Waals surface area contributed by atoms with Crippen molar-refractivity contribution in [3.05, 3.63) is 97.3 Å². The third-order valence-corrected chi connectivity index (χ3v) is 6.26. The van der Waals surface area contributed by atoms with Gasteiger partial charge >= 0.3 is 0 Å². The average Bonchev–Trinajstić information content (AvgIpc) is 3.38. The molecule has 0 radical (unpaired) electrons. The zero-order valence-electron chi connectivity index (χ0n) is 18.5. The van der Waals surface area contributed by atoms with Crippen LogP contribution >= 0.6 is 11.3 Å². The van der Waals surface area contributed by atoms with E-state index in [1.54, 1.807) is 29.7 Å². The van der Waals surface area contributed by atoms with E-state index in [0.29, 0.717) is 37.8 Å². The van der Waals surface area contributed by atoms with Crippen molar-refractivity contribution in [1.82, 2.24) is 9.38 Å². The van der Waals surface area contributed by atoms with E-state index in [1.165, 1.54) is 29.5 Å². The molecule has 0 bridgehead atoms. The Morgan fingerprint density at radius 1 is 1.03 bits per heavy atom. The van der Waals surface area contributed by atoms with Crippen molar-refractivity contribution in [2.24, 2.45) is 0 Å². The number of rotatable bonds is 8. The summed E-state index contributed by atoms with van der Waals surface area (Å²) >= 11 is 1.22. The van der Waals surface area contributed by atoms with Gasteiger partial charge in [-0.2, -0.15) is 0 Å². The van der Waals surface area contributed by atoms with Gasteiger partial charge in [-0.15, -0.1) is 0 Å². The van der Waals surface area contributed by atoms with Gasteiger partial charge in [-0.3, -0.25) is 14.9 Å². The molecule has 0 fully saturated rings. The smallest absolute Gasteiger partial charge is 0.274 e. The molecule has 2 aromatic heterocycles. The zero-order chi connectivity index (χ0) is 24.4. The van der Waals surface area contributed by atoms with Gasteiger partial charge in [-0.05, 0) is 36.4 Å². The number of fused-ring (bicyclic) bond motifs is 3. The molecule has 0 saturated heterocycles. The summed E-state index contributed by atoms with van der Waals surface area (Å²) in [7, 11) is 1.58. The van der Waals surface area contributed by atoms with Crippen molar-refractivity contribution in [2.75, 3.05) is 20.3 Å². The van der Waals surface area contributed by atoms with Gasteiger partial charge in [0.25, 0.3) is 11.2 Å². The van der Waals surface area contributed by atoms with E-state index < -0.39 is 4.92 Å². The summed E-state index contributed by atoms with van der Waals surface area (Å²) < 4.78 is 18.7. The molecule has 0 amide bonds. The number of benzene rings is 3. The number of nitro benzene ring substituents is 1. The van der Waals surface area contributed by atoms with Crippen molar-refractivity contribution < 1.29 is 19.1 Å². The largest absolute Gasteiger partial charge is 0.497 e. The van der Waals surface area contributed by atoms with Gasteiger partial charge in [0.15, 0.2) is 4.96 Å². The fraction of sp³-hybridized carbons (Fsp3) is 0.120. The molecule has 35 heavy (non-hydrogen) atoms. The number of thiazole rings is 1. The number of ether oxygens (including phenoxy) is 3. The lowest BCUT2D eigenvalue weighted by molar-refractivity contribution is -0.384. The van der Waals surface area contributed by atoms with E-state index in [-0.39, 0.29) is 24.5 Å². The second-order valence-electron chi connectivity index (χ2n) is 7.49. The van der Waals surface area contributed by atoms with Crippen LogP contribution in [0, 0.1) is 10.1 Å². The van der Waals surface area contributed by atoms with Crippen LogP contribution in [0.15, 0.2) is 71.5 Å². The third kappa shape index (κ3) is 4.51. The van der Waals surface area contributed by atoms with Gasteiger partial charge in [0.1, 0.15) is 30.5 Å². The van der Waals surface area contributed by atoms with E-state index in [0.717, 1.165) is 5.52 Å². The highest BCUT2D eigenvalue weighted by atomic mass is 32.1. The fourth-order valence-corrected chi connectivity index (χ4v) is 4.63. The summed E-state index contributed by atoms with van der Waals surface area (Å²) in [6.07, 6.45) is 1.60. The maximum absolute atomic E-state index is 13.1. The molecule has 5 rings (SSSR count). The standard InChI is InChI=1S/C25H19N3O6S/c1-32-18-5-4-6-19(15-18)33-11-12-34-22-10-9-17(28(30)31)13-16(22)14-23-24(29)27-21-8-3-2-7-20(21)26-25(27)35-23/h2-10,13-15H,11-12H2,1H3. The number of non-ortho nitro benzene ring substituents is 1. The van der Waals surface area contributed by atoms with Gasteiger partial charge in [-0.1, -0.05) is 29.5 Å². The molecular formula is C25H19N3O6S. The highest BCUT2D eigenvalue weighted by Gasteiger charge is 2.14. The Morgan fingerprint density at radius 2 is 1.83 bits per heavy atom. The van der Waals surface area contributed by atoms with Crippen LogP contribution in [0.1, 0.15) is 5.56 Å². The topological polar surface area (TPSA) is 105 Å². The maximum atomic E-state index is 13.1. The van der Waals surface area contributed by atoms with Crippen molar-refractivity contribution >= 4 is 39.1 Å². The van der Waals surface area contributed by atoms with Crippen molar-refractivity contribution in [3.8, 4) is 17.2 Å². The first-order valence-electron chi connectivity index (χ1n) is 10.6. The van der Waals surface area contributed by atoms with Gasteiger partial charge in [0, 0.05) is 23.8 Å². The molecule has 0 N–H and O–H groups in total. The summed E-state index contributed by atoms with van der Waals surface area (Å²) in [5, 5.41) is 11.3. The fourth-order valence-electron chi connectivity index (χ4n) is 3.65. The third-order valence-electron chi connectivity index (χ3n) is 5.29. The van der Waals surface area contributed by atoms with Crippen molar-refractivity contribution in [2.45, 2.75) is 0 Å². The van der Waals surface area contributed by atoms with Gasteiger partial charge < -0.3 is 14.2 Å². The zero-order valence-corrected chi connectivity index (χ0v) is 19.4. The lowest BCUT2D eigenvalue weighted by Gasteiger charge is -2.11. The monoisotopic (exact) mass is 489 g/mol. The Labute approximate surface area is 202 Å². The second-order valence-corrected chi connectivity index (χ2v) is 8.50. The molecule has 0 aliphatic heterocycles. The lowest BCUT2D eigenvalue weighted by Crippen LogP contribution is -2.22. The lowest BCUT2D eigenvalue weighted by atomic mass is 10.1. The van der Waals surface area contributed by atoms with Crippen molar-refractivity contribution in [3.63, 3.8) is 0 Å². The van der Waals surface area contributed by atoms with Gasteiger partial charge in [-0.25, -0.2) is 9.38 Å². The van der Waals surface area contributed by atoms with Crippen molar-refractivity contribution in [1.29, 1.82) is 0 Å². The Kier molecular flexibility index (Phi) is 6.02. The van der Waals surface area contributed by atoms with Crippen LogP contribution in [-0.4, -0.2) is 34.6 Å². The predicted molar refractivity (Wildman–Crippen MR) is 133 cm³/mol. The highest BCUT2D eigenvalue weighted by Crippen LogP contribution is 2.26. The average molecular weight is 490 g/mol. The molecule has 5 aromatic rings. The molecule has 0 unspecified atom stereocenters. The first-order valence-corrected chi connectivity index (χ1v) is 11.4. The minimum absolute atomic E-state index is 0.101. The van der Waals surface area contributed by atoms with Crippen LogP contribution in [0.3, 0.4) is 0 Å². The molecular weight excluding hydrogens is 470 g/mol. The molecule has 0 aliphatic rings. The molecule has 0 aliphatic carbocycles. The highest BCUT2D eigenvalue weighted by molar-refractivity contribution is 7.15. The van der Waals surface area contributed by atoms with E-state index >= 15 is 0 Å². The van der Waals surface area contributed by atoms with Crippen LogP contribution in [0.5, 0.6) is 17.2 Å². The molecule has 176 valence electrons. The molecule has 0 atom stereocenters. The van der Waals surface area contributed by atoms with Gasteiger partial charge in [0.05, 0.1) is 27.6 Å². The Bertz CT molecular complexity index is 1660. The number of nitro groups is 1. The summed E-state index contributed by atoms with van der Waals surface area (Å²) in [4.78, 5) is 29.0. The van der Waals surface area contributed by atoms with Crippen LogP contribution in [0.25, 0.3) is 22.1 Å². The molecule has 0 saturated carbocycles.